The molecule has 0 aliphatic carbocycles. The number of aliphatic hydroxyl groups excluding tert-OH is 1. The van der Waals surface area contributed by atoms with E-state index in [2.05, 4.69) is 4.98 Å². The van der Waals surface area contributed by atoms with E-state index in [1.807, 2.05) is 13.0 Å². The van der Waals surface area contributed by atoms with E-state index in [4.69, 9.17) is 9.15 Å². The molecule has 4 rings (SSSR count). The molecule has 3 aromatic rings. The molecule has 0 bridgehead atoms. The Morgan fingerprint density at radius 1 is 1.23 bits per heavy atom. The van der Waals surface area contributed by atoms with Crippen LogP contribution in [-0.4, -0.2) is 33.3 Å². The van der Waals surface area contributed by atoms with Gasteiger partial charge in [0.1, 0.15) is 5.75 Å². The minimum Gasteiger partial charge on any atom is -0.503 e. The molecule has 7 nitrogen and oxygen atoms in total. The standard InChI is InChI=1S/C23H20N2O5/c1-2-29-17-8-3-7-16(12-17)20-19(21(26)18-9-5-11-30-18)22(27)23(28)25(20)14-15-6-4-10-24-13-15/h3-13,20,27H,2,14H2,1H3/t20-/m1/s1. The number of hydrogen-bond acceptors (Lipinski definition) is 6. The van der Waals surface area contributed by atoms with Gasteiger partial charge in [-0.3, -0.25) is 14.6 Å². The molecule has 1 amide bonds. The van der Waals surface area contributed by atoms with Gasteiger partial charge in [0.05, 0.1) is 24.5 Å². The molecule has 0 saturated heterocycles. The highest BCUT2D eigenvalue weighted by Gasteiger charge is 2.44. The Labute approximate surface area is 173 Å². The average molecular weight is 404 g/mol. The van der Waals surface area contributed by atoms with Crippen molar-refractivity contribution < 1.29 is 23.8 Å². The predicted octanol–water partition coefficient (Wildman–Crippen LogP) is 3.85. The number of amides is 1. The summed E-state index contributed by atoms with van der Waals surface area (Å²) in [4.78, 5) is 31.6. The Hall–Kier alpha value is -3.87. The van der Waals surface area contributed by atoms with E-state index in [0.29, 0.717) is 17.9 Å². The monoisotopic (exact) mass is 404 g/mol. The molecule has 0 radical (unpaired) electrons. The molecule has 0 spiro atoms. The van der Waals surface area contributed by atoms with Crippen molar-refractivity contribution in [1.29, 1.82) is 0 Å². The minimum atomic E-state index is -0.796. The maximum Gasteiger partial charge on any atom is 0.290 e. The number of aromatic nitrogens is 1. The number of furan rings is 1. The zero-order valence-corrected chi connectivity index (χ0v) is 16.3. The molecule has 30 heavy (non-hydrogen) atoms. The van der Waals surface area contributed by atoms with Gasteiger partial charge in [-0.1, -0.05) is 18.2 Å². The number of rotatable bonds is 7. The first-order valence-corrected chi connectivity index (χ1v) is 9.54. The first-order chi connectivity index (χ1) is 14.6. The van der Waals surface area contributed by atoms with Crippen LogP contribution in [-0.2, 0) is 11.3 Å². The fourth-order valence-corrected chi connectivity index (χ4v) is 3.57. The van der Waals surface area contributed by atoms with E-state index in [0.717, 1.165) is 5.56 Å². The summed E-state index contributed by atoms with van der Waals surface area (Å²) in [6, 6.07) is 13.0. The van der Waals surface area contributed by atoms with Gasteiger partial charge >= 0.3 is 0 Å². The topological polar surface area (TPSA) is 92.9 Å². The third-order valence-electron chi connectivity index (χ3n) is 4.85. The van der Waals surface area contributed by atoms with Gasteiger partial charge in [-0.05, 0) is 48.4 Å². The van der Waals surface area contributed by atoms with Crippen LogP contribution in [0.25, 0.3) is 0 Å². The van der Waals surface area contributed by atoms with E-state index in [-0.39, 0.29) is 17.9 Å². The molecule has 3 heterocycles. The summed E-state index contributed by atoms with van der Waals surface area (Å²) >= 11 is 0. The lowest BCUT2D eigenvalue weighted by Gasteiger charge is -2.27. The van der Waals surface area contributed by atoms with Crippen LogP contribution in [0, 0.1) is 0 Å². The number of hydrogen-bond donors (Lipinski definition) is 1. The number of nitrogens with zero attached hydrogens (tertiary/aromatic N) is 2. The summed E-state index contributed by atoms with van der Waals surface area (Å²) in [5.41, 5.74) is 1.40. The second-order valence-electron chi connectivity index (χ2n) is 6.77. The van der Waals surface area contributed by atoms with E-state index in [9.17, 15) is 14.7 Å². The van der Waals surface area contributed by atoms with Gasteiger partial charge in [0.15, 0.2) is 11.5 Å². The van der Waals surface area contributed by atoms with Crippen LogP contribution in [0.3, 0.4) is 0 Å². The van der Waals surface area contributed by atoms with Crippen LogP contribution in [0.1, 0.15) is 34.6 Å². The van der Waals surface area contributed by atoms with Crippen molar-refractivity contribution >= 4 is 11.7 Å². The lowest BCUT2D eigenvalue weighted by molar-refractivity contribution is -0.130. The first kappa shape index (κ1) is 19.4. The van der Waals surface area contributed by atoms with Crippen molar-refractivity contribution in [2.45, 2.75) is 19.5 Å². The highest BCUT2D eigenvalue weighted by atomic mass is 16.5. The van der Waals surface area contributed by atoms with Gasteiger partial charge in [0, 0.05) is 18.9 Å². The lowest BCUT2D eigenvalue weighted by Crippen LogP contribution is -2.30. The summed E-state index contributed by atoms with van der Waals surface area (Å²) < 4.78 is 10.8. The molecule has 1 aliphatic rings. The van der Waals surface area contributed by atoms with Gasteiger partial charge in [-0.15, -0.1) is 0 Å². The number of pyridine rings is 1. The number of ether oxygens (including phenoxy) is 1. The summed E-state index contributed by atoms with van der Waals surface area (Å²) in [5.74, 6) is -1.07. The van der Waals surface area contributed by atoms with Gasteiger partial charge < -0.3 is 19.2 Å². The highest BCUT2D eigenvalue weighted by Crippen LogP contribution is 2.40. The summed E-state index contributed by atoms with van der Waals surface area (Å²) in [5, 5.41) is 10.7. The fourth-order valence-electron chi connectivity index (χ4n) is 3.57. The highest BCUT2D eigenvalue weighted by molar-refractivity contribution is 6.15. The van der Waals surface area contributed by atoms with Crippen LogP contribution in [0.15, 0.2) is 82.9 Å². The van der Waals surface area contributed by atoms with Crippen LogP contribution in [0.5, 0.6) is 5.75 Å². The Morgan fingerprint density at radius 3 is 2.80 bits per heavy atom. The number of benzene rings is 1. The fraction of sp³-hybridized carbons (Fsp3) is 0.174. The number of carbonyl (C=O) groups excluding carboxylic acids is 2. The van der Waals surface area contributed by atoms with Crippen molar-refractivity contribution in [3.8, 4) is 5.75 Å². The summed E-state index contributed by atoms with van der Waals surface area (Å²) in [6.45, 7) is 2.53. The van der Waals surface area contributed by atoms with Crippen LogP contribution < -0.4 is 4.74 Å². The van der Waals surface area contributed by atoms with E-state index in [1.165, 1.54) is 17.2 Å². The van der Waals surface area contributed by atoms with Crippen LogP contribution in [0.4, 0.5) is 0 Å². The normalized spacial score (nSPS) is 16.2. The Kier molecular flexibility index (Phi) is 5.34. The third kappa shape index (κ3) is 3.57. The SMILES string of the molecule is CCOc1cccc([C@@H]2C(C(=O)c3ccco3)=C(O)C(=O)N2Cc2cccnc2)c1. The van der Waals surface area contributed by atoms with Crippen molar-refractivity contribution in [3.05, 3.63) is 95.4 Å². The lowest BCUT2D eigenvalue weighted by atomic mass is 9.94. The molecular weight excluding hydrogens is 384 g/mol. The van der Waals surface area contributed by atoms with Crippen molar-refractivity contribution in [2.75, 3.05) is 6.61 Å². The number of Topliss-reactive ketones (excluding diaryl/α,β-unsaturated/α-hetero) is 1. The molecule has 0 unspecified atom stereocenters. The third-order valence-corrected chi connectivity index (χ3v) is 4.85. The van der Waals surface area contributed by atoms with Gasteiger partial charge in [-0.25, -0.2) is 0 Å². The Balaban J connectivity index is 1.80. The zero-order chi connectivity index (χ0) is 21.1. The molecule has 1 N–H and O–H groups in total. The molecule has 1 aromatic carbocycles. The van der Waals surface area contributed by atoms with E-state index >= 15 is 0 Å². The second-order valence-corrected chi connectivity index (χ2v) is 6.77. The Morgan fingerprint density at radius 2 is 2.10 bits per heavy atom. The summed E-state index contributed by atoms with van der Waals surface area (Å²) in [6.07, 6.45) is 4.66. The van der Waals surface area contributed by atoms with Gasteiger partial charge in [-0.2, -0.15) is 0 Å². The first-order valence-electron chi connectivity index (χ1n) is 9.54. The number of aliphatic hydroxyl groups is 1. The zero-order valence-electron chi connectivity index (χ0n) is 16.3. The molecule has 7 heteroatoms. The maximum absolute atomic E-state index is 13.1. The van der Waals surface area contributed by atoms with Crippen molar-refractivity contribution in [1.82, 2.24) is 9.88 Å². The molecule has 152 valence electrons. The second kappa shape index (κ2) is 8.24. The molecular formula is C23H20N2O5. The van der Waals surface area contributed by atoms with Gasteiger partial charge in [0.25, 0.3) is 5.91 Å². The molecule has 0 fully saturated rings. The largest absolute Gasteiger partial charge is 0.503 e. The molecule has 1 aliphatic heterocycles. The molecule has 2 aromatic heterocycles. The van der Waals surface area contributed by atoms with E-state index < -0.39 is 23.5 Å². The van der Waals surface area contributed by atoms with Crippen LogP contribution >= 0.6 is 0 Å². The molecule has 0 saturated carbocycles. The number of ketones is 1. The maximum atomic E-state index is 13.1. The van der Waals surface area contributed by atoms with Crippen molar-refractivity contribution in [3.63, 3.8) is 0 Å². The van der Waals surface area contributed by atoms with Crippen LogP contribution in [0.2, 0.25) is 0 Å². The van der Waals surface area contributed by atoms with Crippen molar-refractivity contribution in [2.24, 2.45) is 0 Å². The van der Waals surface area contributed by atoms with Gasteiger partial charge in [0.2, 0.25) is 5.78 Å². The minimum absolute atomic E-state index is 0.0208. The summed E-state index contributed by atoms with van der Waals surface area (Å²) in [7, 11) is 0. The Bertz CT molecular complexity index is 1090. The quantitative estimate of drug-likeness (QED) is 0.601. The molecule has 1 atom stereocenters. The predicted molar refractivity (Wildman–Crippen MR) is 108 cm³/mol. The number of carbonyl (C=O) groups is 2. The van der Waals surface area contributed by atoms with E-state index in [1.54, 1.807) is 48.8 Å². The smallest absolute Gasteiger partial charge is 0.290 e. The average Bonchev–Trinajstić information content (AvgIpc) is 3.38.